The number of hydrogen-bond acceptors (Lipinski definition) is 8. The molecule has 4 heterocycles. The first-order chi connectivity index (χ1) is 17.3. The Hall–Kier alpha value is -3.20. The minimum Gasteiger partial charge on any atom is -0.391 e. The van der Waals surface area contributed by atoms with Gasteiger partial charge in [-0.1, -0.05) is 0 Å². The highest BCUT2D eigenvalue weighted by Gasteiger charge is 2.48. The third kappa shape index (κ3) is 6.21. The van der Waals surface area contributed by atoms with Crippen molar-refractivity contribution in [2.45, 2.75) is 37.1 Å². The Bertz CT molecular complexity index is 1120. The van der Waals surface area contributed by atoms with E-state index in [9.17, 15) is 31.9 Å². The number of nitrogens with two attached hydrogens (primary N) is 1. The van der Waals surface area contributed by atoms with E-state index in [1.165, 1.54) is 0 Å². The molecule has 0 bridgehead atoms. The molecule has 4 rings (SSSR count). The van der Waals surface area contributed by atoms with Gasteiger partial charge < -0.3 is 21.1 Å². The number of anilines is 2. The van der Waals surface area contributed by atoms with Crippen molar-refractivity contribution >= 4 is 17.5 Å². The van der Waals surface area contributed by atoms with Crippen molar-refractivity contribution < 1.29 is 36.2 Å². The normalized spacial score (nSPS) is 24.3. The summed E-state index contributed by atoms with van der Waals surface area (Å²) in [6.45, 7) is -0.0910. The first kappa shape index (κ1) is 26.9. The Morgan fingerprint density at radius 2 is 2.00 bits per heavy atom. The fourth-order valence-electron chi connectivity index (χ4n) is 4.63. The van der Waals surface area contributed by atoms with Crippen LogP contribution in [-0.4, -0.2) is 75.6 Å². The van der Waals surface area contributed by atoms with Crippen molar-refractivity contribution in [2.75, 3.05) is 42.9 Å². The number of amides is 1. The van der Waals surface area contributed by atoms with Crippen LogP contribution in [0.25, 0.3) is 0 Å². The SMILES string of the molecule is NC(=O)CN1CC[C@H](CNc2ncnc(N3CC(F)(F)C[C@@H]3c3ccc(C(F)(F)F)cn3)c2F)[C@@H](O)C1. The summed E-state index contributed by atoms with van der Waals surface area (Å²) in [5.74, 6) is -5.82. The van der Waals surface area contributed by atoms with Gasteiger partial charge in [0.25, 0.3) is 5.92 Å². The molecule has 0 spiro atoms. The lowest BCUT2D eigenvalue weighted by molar-refractivity contribution is -0.137. The third-order valence-corrected chi connectivity index (χ3v) is 6.48. The smallest absolute Gasteiger partial charge is 0.391 e. The van der Waals surface area contributed by atoms with Crippen molar-refractivity contribution in [3.05, 3.63) is 41.7 Å². The fraction of sp³-hybridized carbons (Fsp3) is 0.545. The zero-order valence-electron chi connectivity index (χ0n) is 19.4. The summed E-state index contributed by atoms with van der Waals surface area (Å²) in [5, 5.41) is 13.2. The number of β-amino-alcohol motifs (C(OH)–C–C–N with tert-alkyl or cyclic N) is 1. The summed E-state index contributed by atoms with van der Waals surface area (Å²) in [4.78, 5) is 25.1. The zero-order valence-corrected chi connectivity index (χ0v) is 19.4. The van der Waals surface area contributed by atoms with Crippen molar-refractivity contribution in [3.63, 3.8) is 0 Å². The van der Waals surface area contributed by atoms with Gasteiger partial charge in [-0.15, -0.1) is 0 Å². The van der Waals surface area contributed by atoms with Crippen molar-refractivity contribution in [1.29, 1.82) is 0 Å². The molecule has 0 radical (unpaired) electrons. The number of nitrogens with one attached hydrogen (secondary N) is 1. The number of rotatable bonds is 7. The van der Waals surface area contributed by atoms with E-state index in [1.807, 2.05) is 0 Å². The number of piperidine rings is 1. The number of pyridine rings is 1. The molecule has 0 aromatic carbocycles. The second kappa shape index (κ2) is 10.3. The summed E-state index contributed by atoms with van der Waals surface area (Å²) in [6.07, 6.45) is -4.23. The van der Waals surface area contributed by atoms with Gasteiger partial charge in [0.1, 0.15) is 6.33 Å². The molecule has 37 heavy (non-hydrogen) atoms. The fourth-order valence-corrected chi connectivity index (χ4v) is 4.63. The number of alkyl halides is 5. The molecule has 9 nitrogen and oxygen atoms in total. The van der Waals surface area contributed by atoms with Crippen molar-refractivity contribution in [1.82, 2.24) is 19.9 Å². The van der Waals surface area contributed by atoms with Crippen LogP contribution in [0, 0.1) is 11.7 Å². The van der Waals surface area contributed by atoms with Crippen LogP contribution in [-0.2, 0) is 11.0 Å². The summed E-state index contributed by atoms with van der Waals surface area (Å²) in [6, 6.07) is 0.512. The van der Waals surface area contributed by atoms with Crippen LogP contribution in [0.2, 0.25) is 0 Å². The van der Waals surface area contributed by atoms with Gasteiger partial charge in [-0.3, -0.25) is 14.7 Å². The first-order valence-electron chi connectivity index (χ1n) is 11.4. The molecule has 2 aromatic heterocycles. The summed E-state index contributed by atoms with van der Waals surface area (Å²) >= 11 is 0. The number of halogens is 6. The molecule has 1 amide bonds. The lowest BCUT2D eigenvalue weighted by atomic mass is 9.93. The van der Waals surface area contributed by atoms with Gasteiger partial charge in [0, 0.05) is 31.6 Å². The molecule has 0 aliphatic carbocycles. The van der Waals surface area contributed by atoms with E-state index in [4.69, 9.17) is 5.73 Å². The van der Waals surface area contributed by atoms with Gasteiger partial charge in [-0.05, 0) is 25.1 Å². The minimum absolute atomic E-state index is 0.0104. The molecular weight excluding hydrogens is 508 g/mol. The van der Waals surface area contributed by atoms with E-state index in [0.29, 0.717) is 19.2 Å². The van der Waals surface area contributed by atoms with E-state index >= 15 is 4.39 Å². The molecular formula is C22H25F6N7O2. The van der Waals surface area contributed by atoms with Crippen molar-refractivity contribution in [3.8, 4) is 0 Å². The number of aliphatic hydroxyl groups is 1. The highest BCUT2D eigenvalue weighted by atomic mass is 19.4. The molecule has 2 aliphatic rings. The number of likely N-dealkylation sites (tertiary alicyclic amines) is 1. The molecule has 2 saturated heterocycles. The van der Waals surface area contributed by atoms with Crippen LogP contribution in [0.4, 0.5) is 38.0 Å². The molecule has 3 atom stereocenters. The summed E-state index contributed by atoms with van der Waals surface area (Å²) in [7, 11) is 0. The Morgan fingerprint density at radius 3 is 2.62 bits per heavy atom. The molecule has 4 N–H and O–H groups in total. The van der Waals surface area contributed by atoms with Gasteiger partial charge >= 0.3 is 6.18 Å². The number of aliphatic hydroxyl groups excluding tert-OH is 1. The lowest BCUT2D eigenvalue weighted by Crippen LogP contribution is -2.48. The first-order valence-corrected chi connectivity index (χ1v) is 11.4. The average molecular weight is 533 g/mol. The Balaban J connectivity index is 1.50. The number of aromatic nitrogens is 3. The molecule has 0 saturated carbocycles. The Labute approximate surface area is 207 Å². The molecule has 0 unspecified atom stereocenters. The van der Waals surface area contributed by atoms with E-state index in [0.717, 1.165) is 23.4 Å². The van der Waals surface area contributed by atoms with Crippen LogP contribution in [0.3, 0.4) is 0 Å². The maximum atomic E-state index is 15.4. The zero-order chi connectivity index (χ0) is 27.0. The standard InChI is InChI=1S/C22H25F6N7O2/c23-18-19(31-6-12-3-4-34(8-16(12)36)9-17(29)37)32-11-33-20(18)35-10-21(24,25)5-15(35)14-2-1-13(7-30-14)22(26,27)28/h1-2,7,11-12,15-16,36H,3-6,8-10H2,(H2,29,37)(H,31,32,33)/t12-,15-,16+/m1/s1. The third-order valence-electron chi connectivity index (χ3n) is 6.48. The number of carbonyl (C=O) groups excluding carboxylic acids is 1. The second-order valence-electron chi connectivity index (χ2n) is 9.23. The molecule has 15 heteroatoms. The Kier molecular flexibility index (Phi) is 7.46. The molecule has 202 valence electrons. The highest BCUT2D eigenvalue weighted by Crippen LogP contribution is 2.44. The van der Waals surface area contributed by atoms with E-state index in [1.54, 1.807) is 4.90 Å². The van der Waals surface area contributed by atoms with Gasteiger partial charge in [-0.2, -0.15) is 17.6 Å². The van der Waals surface area contributed by atoms with Crippen LogP contribution in [0.1, 0.15) is 30.1 Å². The predicted molar refractivity (Wildman–Crippen MR) is 119 cm³/mol. The second-order valence-corrected chi connectivity index (χ2v) is 9.23. The average Bonchev–Trinajstić information content (AvgIpc) is 3.13. The molecule has 2 aromatic rings. The molecule has 2 fully saturated rings. The van der Waals surface area contributed by atoms with Gasteiger partial charge in [0.05, 0.1) is 36.5 Å². The number of carbonyl (C=O) groups is 1. The topological polar surface area (TPSA) is 120 Å². The van der Waals surface area contributed by atoms with E-state index < -0.39 is 60.3 Å². The maximum absolute atomic E-state index is 15.4. The maximum Gasteiger partial charge on any atom is 0.417 e. The van der Waals surface area contributed by atoms with E-state index in [2.05, 4.69) is 20.3 Å². The van der Waals surface area contributed by atoms with Gasteiger partial charge in [-0.25, -0.2) is 18.7 Å². The van der Waals surface area contributed by atoms with Crippen LogP contribution < -0.4 is 16.0 Å². The summed E-state index contributed by atoms with van der Waals surface area (Å²) in [5.41, 5.74) is 4.07. The van der Waals surface area contributed by atoms with Gasteiger partial charge in [0.2, 0.25) is 11.7 Å². The number of primary amides is 1. The lowest BCUT2D eigenvalue weighted by Gasteiger charge is -2.35. The summed E-state index contributed by atoms with van der Waals surface area (Å²) < 4.78 is 82.8. The quantitative estimate of drug-likeness (QED) is 0.464. The predicted octanol–water partition coefficient (Wildman–Crippen LogP) is 2.20. The van der Waals surface area contributed by atoms with Crippen LogP contribution in [0.15, 0.2) is 24.7 Å². The number of nitrogens with zero attached hydrogens (tertiary/aromatic N) is 5. The largest absolute Gasteiger partial charge is 0.417 e. The van der Waals surface area contributed by atoms with Gasteiger partial charge in [0.15, 0.2) is 11.6 Å². The van der Waals surface area contributed by atoms with Crippen LogP contribution in [0.5, 0.6) is 0 Å². The number of hydrogen-bond donors (Lipinski definition) is 3. The monoisotopic (exact) mass is 533 g/mol. The minimum atomic E-state index is -4.64. The van der Waals surface area contributed by atoms with Crippen molar-refractivity contribution in [2.24, 2.45) is 11.7 Å². The highest BCUT2D eigenvalue weighted by molar-refractivity contribution is 5.75. The van der Waals surface area contributed by atoms with E-state index in [-0.39, 0.29) is 37.1 Å². The Morgan fingerprint density at radius 1 is 1.24 bits per heavy atom. The van der Waals surface area contributed by atoms with Crippen LogP contribution >= 0.6 is 0 Å². The molecule has 2 aliphatic heterocycles.